The molecule has 1 aromatic carbocycles. The molecule has 0 saturated heterocycles. The first-order chi connectivity index (χ1) is 17.5. The number of halogens is 4. The van der Waals surface area contributed by atoms with Crippen molar-refractivity contribution in [3.63, 3.8) is 0 Å². The van der Waals surface area contributed by atoms with Crippen LogP contribution in [0.3, 0.4) is 0 Å². The fraction of sp³-hybridized carbons (Fsp3) is 0.609. The van der Waals surface area contributed by atoms with Gasteiger partial charge in [-0.2, -0.15) is 8.78 Å². The second-order valence-electron chi connectivity index (χ2n) is 7.55. The van der Waals surface area contributed by atoms with E-state index < -0.39 is 53.4 Å². The van der Waals surface area contributed by atoms with Crippen LogP contribution < -0.4 is 15.4 Å². The van der Waals surface area contributed by atoms with Gasteiger partial charge in [0.25, 0.3) is 0 Å². The number of benzene rings is 1. The average Bonchev–Trinajstić information content (AvgIpc) is 2.84. The van der Waals surface area contributed by atoms with Crippen molar-refractivity contribution in [3.8, 4) is 5.75 Å². The number of hydrogen-bond acceptors (Lipinski definition) is 8. The van der Waals surface area contributed by atoms with Crippen LogP contribution >= 0.6 is 23.5 Å². The van der Waals surface area contributed by atoms with Gasteiger partial charge in [0.1, 0.15) is 10.9 Å². The van der Waals surface area contributed by atoms with Gasteiger partial charge in [-0.25, -0.2) is 8.78 Å². The van der Waals surface area contributed by atoms with Crippen LogP contribution in [0, 0.1) is 23.3 Å². The average molecular weight is 573 g/mol. The van der Waals surface area contributed by atoms with Crippen LogP contribution in [-0.4, -0.2) is 66.0 Å². The third kappa shape index (κ3) is 12.9. The molecule has 0 bridgehead atoms. The van der Waals surface area contributed by atoms with Crippen LogP contribution in [0.25, 0.3) is 0 Å². The van der Waals surface area contributed by atoms with Gasteiger partial charge in [-0.05, 0) is 34.1 Å². The first kappa shape index (κ1) is 33.0. The van der Waals surface area contributed by atoms with Gasteiger partial charge < -0.3 is 24.8 Å². The second kappa shape index (κ2) is 17.5. The first-order valence-corrected chi connectivity index (χ1v) is 13.6. The van der Waals surface area contributed by atoms with E-state index in [1.165, 1.54) is 23.5 Å². The van der Waals surface area contributed by atoms with Crippen molar-refractivity contribution in [2.24, 2.45) is 0 Å². The number of carbonyl (C=O) groups excluding carboxylic acids is 3. The minimum absolute atomic E-state index is 0.00588. The highest BCUT2D eigenvalue weighted by atomic mass is 32.2. The summed E-state index contributed by atoms with van der Waals surface area (Å²) < 4.78 is 69.5. The summed E-state index contributed by atoms with van der Waals surface area (Å²) in [5, 5.41) is 5.32. The van der Waals surface area contributed by atoms with E-state index in [4.69, 9.17) is 9.47 Å². The number of rotatable bonds is 17. The molecule has 0 saturated carbocycles. The molecule has 0 aliphatic carbocycles. The molecule has 0 heterocycles. The van der Waals surface area contributed by atoms with Gasteiger partial charge in [-0.3, -0.25) is 14.4 Å². The zero-order valence-electron chi connectivity index (χ0n) is 21.0. The zero-order chi connectivity index (χ0) is 28.0. The van der Waals surface area contributed by atoms with Crippen LogP contribution in [0.1, 0.15) is 40.5 Å². The lowest BCUT2D eigenvalue weighted by Crippen LogP contribution is -2.45. The van der Waals surface area contributed by atoms with Gasteiger partial charge in [0.2, 0.25) is 29.2 Å². The summed E-state index contributed by atoms with van der Waals surface area (Å²) in [5.74, 6) is -10.4. The Morgan fingerprint density at radius 1 is 0.892 bits per heavy atom. The van der Waals surface area contributed by atoms with Gasteiger partial charge in [0.05, 0.1) is 11.5 Å². The van der Waals surface area contributed by atoms with Gasteiger partial charge in [-0.15, -0.1) is 23.5 Å². The number of nitrogens with one attached hydrogen (secondary N) is 2. The molecule has 0 aliphatic rings. The van der Waals surface area contributed by atoms with E-state index in [0.717, 1.165) is 0 Å². The Bertz CT molecular complexity index is 886. The molecule has 3 atom stereocenters. The molecule has 0 aromatic heterocycles. The molecule has 0 spiro atoms. The highest BCUT2D eigenvalue weighted by Gasteiger charge is 2.24. The van der Waals surface area contributed by atoms with Gasteiger partial charge in [-0.1, -0.05) is 0 Å². The van der Waals surface area contributed by atoms with Crippen molar-refractivity contribution < 1.29 is 46.2 Å². The van der Waals surface area contributed by atoms with Crippen molar-refractivity contribution in [1.29, 1.82) is 0 Å². The maximum absolute atomic E-state index is 13.8. The van der Waals surface area contributed by atoms with Crippen LogP contribution in [-0.2, 0) is 23.9 Å². The molecule has 2 amide bonds. The van der Waals surface area contributed by atoms with Crippen LogP contribution in [0.2, 0.25) is 0 Å². The van der Waals surface area contributed by atoms with Crippen molar-refractivity contribution in [2.45, 2.75) is 57.5 Å². The quantitative estimate of drug-likeness (QED) is 0.0957. The van der Waals surface area contributed by atoms with Gasteiger partial charge in [0, 0.05) is 38.3 Å². The summed E-state index contributed by atoms with van der Waals surface area (Å²) in [5.41, 5.74) is -0.427. The Kier molecular flexibility index (Phi) is 15.6. The lowest BCUT2D eigenvalue weighted by atomic mass is 10.1. The molecular weight excluding hydrogens is 540 g/mol. The standard InChI is InChI=1S/C23H32F4N2O6S2/c1-5-33-13(3)36-11-18(30)28-10-15(29-19(31)12-37-14(4)34-6-2)7-8-20(32)35-23-21(26)16(24)9-17(25)22(23)27/h9,13-15H,5-8,10-12H2,1-4H3,(H,28,30)(H,29,31)/t13-,14-,15-/m0/s1. The van der Waals surface area contributed by atoms with E-state index in [-0.39, 0.29) is 47.3 Å². The van der Waals surface area contributed by atoms with Crippen LogP contribution in [0.4, 0.5) is 17.6 Å². The molecule has 14 heteroatoms. The summed E-state index contributed by atoms with van der Waals surface area (Å²) in [6, 6.07) is -0.756. The summed E-state index contributed by atoms with van der Waals surface area (Å²) in [7, 11) is 0. The number of esters is 1. The lowest BCUT2D eigenvalue weighted by Gasteiger charge is -2.20. The minimum atomic E-state index is -1.84. The SMILES string of the molecule is CCO[C@H](C)SCC(=O)NC[C@H](CCC(=O)Oc1c(F)c(F)cc(F)c1F)NC(=O)CS[C@@H](C)OCC. The van der Waals surface area contributed by atoms with Crippen LogP contribution in [0.15, 0.2) is 6.07 Å². The minimum Gasteiger partial charge on any atom is -0.420 e. The first-order valence-electron chi connectivity index (χ1n) is 11.5. The van der Waals surface area contributed by atoms with Crippen molar-refractivity contribution in [2.75, 3.05) is 31.3 Å². The molecule has 0 aliphatic heterocycles. The maximum atomic E-state index is 13.8. The molecule has 210 valence electrons. The fourth-order valence-corrected chi connectivity index (χ4v) is 4.25. The summed E-state index contributed by atoms with van der Waals surface area (Å²) in [4.78, 5) is 36.7. The van der Waals surface area contributed by atoms with E-state index in [9.17, 15) is 31.9 Å². The number of carbonyl (C=O) groups is 3. The summed E-state index contributed by atoms with van der Waals surface area (Å²) in [6.45, 7) is 8.15. The highest BCUT2D eigenvalue weighted by Crippen LogP contribution is 2.27. The molecule has 1 rings (SSSR count). The Labute approximate surface area is 221 Å². The molecule has 1 aromatic rings. The number of amides is 2. The van der Waals surface area contributed by atoms with Crippen LogP contribution in [0.5, 0.6) is 5.75 Å². The summed E-state index contributed by atoms with van der Waals surface area (Å²) in [6.07, 6.45) is -0.573. The van der Waals surface area contributed by atoms with E-state index in [1.807, 2.05) is 13.8 Å². The predicted molar refractivity (Wildman–Crippen MR) is 133 cm³/mol. The smallest absolute Gasteiger partial charge is 0.311 e. The Morgan fingerprint density at radius 2 is 1.41 bits per heavy atom. The third-order valence-electron chi connectivity index (χ3n) is 4.60. The Balaban J connectivity index is 2.74. The molecule has 8 nitrogen and oxygen atoms in total. The highest BCUT2D eigenvalue weighted by molar-refractivity contribution is 8.00. The van der Waals surface area contributed by atoms with E-state index >= 15 is 0 Å². The van der Waals surface area contributed by atoms with Gasteiger partial charge >= 0.3 is 5.97 Å². The molecule has 2 N–H and O–H groups in total. The lowest BCUT2D eigenvalue weighted by molar-refractivity contribution is -0.135. The number of thioether (sulfide) groups is 2. The number of ether oxygens (including phenoxy) is 3. The zero-order valence-corrected chi connectivity index (χ0v) is 22.7. The molecule has 0 unspecified atom stereocenters. The van der Waals surface area contributed by atoms with Crippen molar-refractivity contribution in [1.82, 2.24) is 10.6 Å². The van der Waals surface area contributed by atoms with Crippen molar-refractivity contribution in [3.05, 3.63) is 29.3 Å². The van der Waals surface area contributed by atoms with Crippen molar-refractivity contribution >= 4 is 41.3 Å². The molecule has 0 radical (unpaired) electrons. The van der Waals surface area contributed by atoms with Gasteiger partial charge in [0.15, 0.2) is 11.6 Å². The largest absolute Gasteiger partial charge is 0.420 e. The summed E-state index contributed by atoms with van der Waals surface area (Å²) >= 11 is 2.51. The molecule has 0 fully saturated rings. The fourth-order valence-electron chi connectivity index (χ4n) is 2.83. The van der Waals surface area contributed by atoms with E-state index in [2.05, 4.69) is 15.4 Å². The van der Waals surface area contributed by atoms with E-state index in [0.29, 0.717) is 13.2 Å². The topological polar surface area (TPSA) is 103 Å². The monoisotopic (exact) mass is 572 g/mol. The molecular formula is C23H32F4N2O6S2. The predicted octanol–water partition coefficient (Wildman–Crippen LogP) is 3.76. The third-order valence-corrected chi connectivity index (χ3v) is 6.66. The second-order valence-corrected chi connectivity index (χ2v) is 10.1. The Hall–Kier alpha value is -2.03. The maximum Gasteiger partial charge on any atom is 0.311 e. The van der Waals surface area contributed by atoms with E-state index in [1.54, 1.807) is 13.8 Å². The Morgan fingerprint density at radius 3 is 1.92 bits per heavy atom. The number of hydrogen-bond donors (Lipinski definition) is 2. The normalized spacial score (nSPS) is 13.5. The molecule has 37 heavy (non-hydrogen) atoms.